The number of anilines is 1. The maximum absolute atomic E-state index is 12.9. The minimum Gasteiger partial charge on any atom is -0.490 e. The van der Waals surface area contributed by atoms with E-state index in [-0.39, 0.29) is 36.3 Å². The van der Waals surface area contributed by atoms with Gasteiger partial charge >= 0.3 is 0 Å². The molecular weight excluding hydrogens is 536 g/mol. The standard InChI is InChI=1S/C27H36N6O6S/c1-40(37,38)17-21(35)16-39-24-4-2-3-23-22(24)15-29-33(23)25-9-12-28-27(31-25)30-19-7-5-18(6-8-19)26(36)32-13-10-20(34)11-14-32/h2-4,9,12,15,18-21,34-35H,5-8,10-11,13-14,16-17H2,1H3,(H,28,30,31). The van der Waals surface area contributed by atoms with Gasteiger partial charge in [-0.25, -0.2) is 18.1 Å². The number of sulfone groups is 1. The number of likely N-dealkylation sites (tertiary alicyclic amines) is 1. The summed E-state index contributed by atoms with van der Waals surface area (Å²) in [6.07, 6.45) is 7.57. The minimum atomic E-state index is -3.32. The molecule has 1 aliphatic heterocycles. The zero-order valence-corrected chi connectivity index (χ0v) is 23.3. The van der Waals surface area contributed by atoms with E-state index in [0.717, 1.165) is 37.5 Å². The molecule has 216 valence electrons. The number of fused-ring (bicyclic) bond motifs is 1. The number of nitrogens with zero attached hydrogens (tertiary/aromatic N) is 5. The molecule has 0 bridgehead atoms. The number of aliphatic hydroxyl groups is 2. The molecule has 1 aliphatic carbocycles. The van der Waals surface area contributed by atoms with Crippen LogP contribution in [0.5, 0.6) is 5.75 Å². The van der Waals surface area contributed by atoms with Gasteiger partial charge in [-0.3, -0.25) is 4.79 Å². The number of ether oxygens (including phenoxy) is 1. The maximum Gasteiger partial charge on any atom is 0.225 e. The second kappa shape index (κ2) is 12.1. The van der Waals surface area contributed by atoms with Crippen molar-refractivity contribution in [1.82, 2.24) is 24.6 Å². The number of rotatable bonds is 9. The molecule has 3 N–H and O–H groups in total. The average Bonchev–Trinajstić information content (AvgIpc) is 3.37. The Kier molecular flexibility index (Phi) is 8.52. The Balaban J connectivity index is 1.21. The van der Waals surface area contributed by atoms with Gasteiger partial charge < -0.3 is 25.2 Å². The van der Waals surface area contributed by atoms with Crippen molar-refractivity contribution < 1.29 is 28.2 Å². The van der Waals surface area contributed by atoms with Gasteiger partial charge in [0, 0.05) is 43.6 Å². The lowest BCUT2D eigenvalue weighted by Crippen LogP contribution is -2.44. The van der Waals surface area contributed by atoms with Crippen molar-refractivity contribution >= 4 is 32.6 Å². The number of aromatic nitrogens is 4. The minimum absolute atomic E-state index is 0.0277. The number of carbonyl (C=O) groups is 1. The van der Waals surface area contributed by atoms with Crippen molar-refractivity contribution in [2.75, 3.05) is 37.0 Å². The molecule has 2 aliphatic rings. The third kappa shape index (κ3) is 6.88. The first kappa shape index (κ1) is 28.2. The molecule has 5 rings (SSSR count). The van der Waals surface area contributed by atoms with Gasteiger partial charge in [-0.15, -0.1) is 0 Å². The van der Waals surface area contributed by atoms with Gasteiger partial charge in [0.2, 0.25) is 11.9 Å². The summed E-state index contributed by atoms with van der Waals surface area (Å²) >= 11 is 0. The van der Waals surface area contributed by atoms with Crippen molar-refractivity contribution in [3.63, 3.8) is 0 Å². The zero-order chi connectivity index (χ0) is 28.3. The van der Waals surface area contributed by atoms with E-state index in [0.29, 0.717) is 48.8 Å². The summed E-state index contributed by atoms with van der Waals surface area (Å²) in [5.74, 6) is 1.40. The highest BCUT2D eigenvalue weighted by atomic mass is 32.2. The van der Waals surface area contributed by atoms with Crippen molar-refractivity contribution in [1.29, 1.82) is 0 Å². The fourth-order valence-corrected chi connectivity index (χ4v) is 6.26. The van der Waals surface area contributed by atoms with E-state index in [1.807, 2.05) is 11.0 Å². The lowest BCUT2D eigenvalue weighted by atomic mass is 9.85. The number of hydrogen-bond donors (Lipinski definition) is 3. The van der Waals surface area contributed by atoms with Crippen LogP contribution in [0.2, 0.25) is 0 Å². The van der Waals surface area contributed by atoms with E-state index in [4.69, 9.17) is 4.74 Å². The van der Waals surface area contributed by atoms with E-state index < -0.39 is 15.9 Å². The topological polar surface area (TPSA) is 160 Å². The van der Waals surface area contributed by atoms with Crippen molar-refractivity contribution in [3.05, 3.63) is 36.7 Å². The van der Waals surface area contributed by atoms with Crippen LogP contribution in [0.15, 0.2) is 36.7 Å². The lowest BCUT2D eigenvalue weighted by molar-refractivity contribution is -0.138. The summed E-state index contributed by atoms with van der Waals surface area (Å²) in [6, 6.07) is 7.33. The van der Waals surface area contributed by atoms with Crippen LogP contribution in [0, 0.1) is 5.92 Å². The highest BCUT2D eigenvalue weighted by Crippen LogP contribution is 2.30. The molecule has 40 heavy (non-hydrogen) atoms. The molecule has 1 amide bonds. The molecule has 1 saturated carbocycles. The van der Waals surface area contributed by atoms with Gasteiger partial charge in [0.1, 0.15) is 28.3 Å². The fraction of sp³-hybridized carbons (Fsp3) is 0.556. The molecule has 1 saturated heterocycles. The number of piperidine rings is 1. The van der Waals surface area contributed by atoms with Gasteiger partial charge in [0.25, 0.3) is 0 Å². The summed E-state index contributed by atoms with van der Waals surface area (Å²) in [5, 5.41) is 28.3. The predicted molar refractivity (Wildman–Crippen MR) is 149 cm³/mol. The van der Waals surface area contributed by atoms with Crippen LogP contribution in [0.4, 0.5) is 5.95 Å². The molecule has 3 heterocycles. The fourth-order valence-electron chi connectivity index (χ4n) is 5.46. The SMILES string of the molecule is CS(=O)(=O)CC(O)COc1cccc2c1cnn2-c1ccnc(NC2CCC(C(=O)N3CCC(O)CC3)CC2)n1. The maximum atomic E-state index is 12.9. The zero-order valence-electron chi connectivity index (χ0n) is 22.5. The normalized spacial score (nSPS) is 21.3. The van der Waals surface area contributed by atoms with Gasteiger partial charge in [0.15, 0.2) is 5.82 Å². The van der Waals surface area contributed by atoms with Crippen molar-refractivity contribution in [2.45, 2.75) is 56.8 Å². The molecule has 1 unspecified atom stereocenters. The van der Waals surface area contributed by atoms with E-state index in [1.54, 1.807) is 35.3 Å². The molecular formula is C27H36N6O6S. The van der Waals surface area contributed by atoms with Crippen LogP contribution >= 0.6 is 0 Å². The first-order chi connectivity index (χ1) is 19.2. The van der Waals surface area contributed by atoms with E-state index in [2.05, 4.69) is 20.4 Å². The van der Waals surface area contributed by atoms with Gasteiger partial charge in [-0.05, 0) is 50.7 Å². The van der Waals surface area contributed by atoms with E-state index in [9.17, 15) is 23.4 Å². The van der Waals surface area contributed by atoms with Gasteiger partial charge in [-0.2, -0.15) is 10.1 Å². The van der Waals surface area contributed by atoms with Crippen LogP contribution in [0.3, 0.4) is 0 Å². The second-order valence-electron chi connectivity index (χ2n) is 10.8. The summed E-state index contributed by atoms with van der Waals surface area (Å²) < 4.78 is 30.2. The highest BCUT2D eigenvalue weighted by Gasteiger charge is 2.31. The number of nitrogens with one attached hydrogen (secondary N) is 1. The third-order valence-electron chi connectivity index (χ3n) is 7.54. The average molecular weight is 573 g/mol. The third-order valence-corrected chi connectivity index (χ3v) is 8.53. The Hall–Kier alpha value is -3.29. The first-order valence-electron chi connectivity index (χ1n) is 13.7. The van der Waals surface area contributed by atoms with E-state index >= 15 is 0 Å². The highest BCUT2D eigenvalue weighted by molar-refractivity contribution is 7.90. The smallest absolute Gasteiger partial charge is 0.225 e. The Morgan fingerprint density at radius 2 is 1.90 bits per heavy atom. The number of amides is 1. The van der Waals surface area contributed by atoms with Crippen LogP contribution in [0.1, 0.15) is 38.5 Å². The van der Waals surface area contributed by atoms with E-state index in [1.165, 1.54) is 0 Å². The molecule has 0 spiro atoms. The van der Waals surface area contributed by atoms with Gasteiger partial charge in [0.05, 0.1) is 29.0 Å². The van der Waals surface area contributed by atoms with Gasteiger partial charge in [-0.1, -0.05) is 6.07 Å². The summed E-state index contributed by atoms with van der Waals surface area (Å²) in [5.41, 5.74) is 0.740. The number of aliphatic hydroxyl groups excluding tert-OH is 2. The summed E-state index contributed by atoms with van der Waals surface area (Å²) in [4.78, 5) is 23.9. The number of hydrogen-bond acceptors (Lipinski definition) is 10. The first-order valence-corrected chi connectivity index (χ1v) is 15.7. The Morgan fingerprint density at radius 1 is 1.15 bits per heavy atom. The molecule has 2 fully saturated rings. The molecule has 1 atom stereocenters. The number of benzene rings is 1. The second-order valence-corrected chi connectivity index (χ2v) is 13.0. The van der Waals surface area contributed by atoms with Crippen LogP contribution in [-0.4, -0.2) is 99.1 Å². The van der Waals surface area contributed by atoms with Crippen LogP contribution < -0.4 is 10.1 Å². The Bertz CT molecular complexity index is 1430. The molecule has 1 aromatic carbocycles. The van der Waals surface area contributed by atoms with Crippen LogP contribution in [-0.2, 0) is 14.6 Å². The molecule has 13 heteroatoms. The summed E-state index contributed by atoms with van der Waals surface area (Å²) in [6.45, 7) is 1.12. The van der Waals surface area contributed by atoms with Crippen molar-refractivity contribution in [2.24, 2.45) is 5.92 Å². The lowest BCUT2D eigenvalue weighted by Gasteiger charge is -2.35. The molecule has 2 aromatic heterocycles. The summed E-state index contributed by atoms with van der Waals surface area (Å²) in [7, 11) is -3.32. The Morgan fingerprint density at radius 3 is 2.62 bits per heavy atom. The predicted octanol–water partition coefficient (Wildman–Crippen LogP) is 1.55. The molecule has 3 aromatic rings. The monoisotopic (exact) mass is 572 g/mol. The van der Waals surface area contributed by atoms with Crippen molar-refractivity contribution in [3.8, 4) is 11.6 Å². The largest absolute Gasteiger partial charge is 0.490 e. The Labute approximate surface area is 233 Å². The quantitative estimate of drug-likeness (QED) is 0.343. The van der Waals surface area contributed by atoms with Crippen LogP contribution in [0.25, 0.3) is 16.7 Å². The molecule has 12 nitrogen and oxygen atoms in total. The number of carbonyl (C=O) groups excluding carboxylic acids is 1. The molecule has 0 radical (unpaired) electrons.